The van der Waals surface area contributed by atoms with Crippen LogP contribution in [0.5, 0.6) is 17.2 Å². The van der Waals surface area contributed by atoms with Gasteiger partial charge in [-0.05, 0) is 60.7 Å². The van der Waals surface area contributed by atoms with Gasteiger partial charge in [-0.3, -0.25) is 4.98 Å². The minimum Gasteiger partial charge on any atom is -0.495 e. The molecule has 4 aromatic rings. The van der Waals surface area contributed by atoms with E-state index in [1.807, 2.05) is 0 Å². The summed E-state index contributed by atoms with van der Waals surface area (Å²) in [4.78, 5) is 16.4. The average Bonchev–Trinajstić information content (AvgIpc) is 2.77. The number of carbonyl (C=O) groups is 1. The molecule has 3 aromatic carbocycles. The largest absolute Gasteiger partial charge is 0.495 e. The number of hydrogen-bond donors (Lipinski definition) is 3. The maximum absolute atomic E-state index is 12.9. The second kappa shape index (κ2) is 8.58. The lowest BCUT2D eigenvalue weighted by Crippen LogP contribution is -2.19. The molecule has 4 rings (SSSR count). The van der Waals surface area contributed by atoms with Crippen molar-refractivity contribution in [3.05, 3.63) is 78.7 Å². The molecular formula is C23H19FN4O3. The molecule has 7 nitrogen and oxygen atoms in total. The summed E-state index contributed by atoms with van der Waals surface area (Å²) >= 11 is 0. The molecule has 1 heterocycles. The third-order valence-corrected chi connectivity index (χ3v) is 4.50. The first-order valence-electron chi connectivity index (χ1n) is 9.35. The van der Waals surface area contributed by atoms with Gasteiger partial charge in [0, 0.05) is 29.0 Å². The maximum atomic E-state index is 12.9. The number of benzene rings is 3. The van der Waals surface area contributed by atoms with Crippen LogP contribution in [0.25, 0.3) is 10.9 Å². The lowest BCUT2D eigenvalue weighted by atomic mass is 10.1. The van der Waals surface area contributed by atoms with Crippen molar-refractivity contribution >= 4 is 34.0 Å². The molecule has 0 saturated carbocycles. The number of nitrogens with two attached hydrogens (primary N) is 1. The second-order valence-electron chi connectivity index (χ2n) is 6.63. The number of aromatic nitrogens is 1. The number of pyridine rings is 1. The van der Waals surface area contributed by atoms with Gasteiger partial charge in [-0.2, -0.15) is 0 Å². The van der Waals surface area contributed by atoms with Crippen LogP contribution in [0.1, 0.15) is 0 Å². The number of amides is 2. The highest BCUT2D eigenvalue weighted by Crippen LogP contribution is 2.34. The van der Waals surface area contributed by atoms with Gasteiger partial charge in [0.15, 0.2) is 0 Å². The molecule has 0 aliphatic carbocycles. The molecule has 0 fully saturated rings. The summed E-state index contributed by atoms with van der Waals surface area (Å²) in [5.41, 5.74) is 8.25. The van der Waals surface area contributed by atoms with Crippen LogP contribution in [0.15, 0.2) is 72.9 Å². The third kappa shape index (κ3) is 4.64. The topological polar surface area (TPSA) is 98.5 Å². The van der Waals surface area contributed by atoms with Crippen LogP contribution in [0.4, 0.5) is 26.2 Å². The summed E-state index contributed by atoms with van der Waals surface area (Å²) in [6.45, 7) is 0. The predicted octanol–water partition coefficient (Wildman–Crippen LogP) is 5.40. The number of nitrogens with zero attached hydrogens (tertiary/aromatic N) is 1. The van der Waals surface area contributed by atoms with Gasteiger partial charge in [-0.1, -0.05) is 0 Å². The van der Waals surface area contributed by atoms with Crippen LogP contribution in [0.3, 0.4) is 0 Å². The molecule has 8 heteroatoms. The Hall–Kier alpha value is -4.33. The standard InChI is InChI=1S/C23H19FN4O3/c1-30-22-13-20-18(12-19(22)25)21(10-11-26-20)31-17-8-6-16(7-9-17)28-23(29)27-15-4-2-14(24)3-5-15/h2-13H,25H2,1H3,(H2,27,28,29). The Morgan fingerprint density at radius 1 is 0.935 bits per heavy atom. The molecule has 31 heavy (non-hydrogen) atoms. The molecule has 0 bridgehead atoms. The molecule has 4 N–H and O–H groups in total. The van der Waals surface area contributed by atoms with Crippen LogP contribution in [0.2, 0.25) is 0 Å². The zero-order chi connectivity index (χ0) is 21.8. The van der Waals surface area contributed by atoms with E-state index in [9.17, 15) is 9.18 Å². The van der Waals surface area contributed by atoms with Crippen LogP contribution in [-0.2, 0) is 0 Å². The van der Waals surface area contributed by atoms with Gasteiger partial charge >= 0.3 is 6.03 Å². The Balaban J connectivity index is 1.45. The summed E-state index contributed by atoms with van der Waals surface area (Å²) in [7, 11) is 1.55. The van der Waals surface area contributed by atoms with Crippen molar-refractivity contribution in [3.63, 3.8) is 0 Å². The lowest BCUT2D eigenvalue weighted by Gasteiger charge is -2.12. The normalized spacial score (nSPS) is 10.5. The van der Waals surface area contributed by atoms with Crippen LogP contribution < -0.4 is 25.8 Å². The van der Waals surface area contributed by atoms with Crippen molar-refractivity contribution in [1.82, 2.24) is 4.98 Å². The third-order valence-electron chi connectivity index (χ3n) is 4.50. The van der Waals surface area contributed by atoms with Gasteiger partial charge in [-0.25, -0.2) is 9.18 Å². The summed E-state index contributed by atoms with van der Waals surface area (Å²) < 4.78 is 24.2. The molecule has 0 radical (unpaired) electrons. The Kier molecular flexibility index (Phi) is 5.53. The van der Waals surface area contributed by atoms with Crippen LogP contribution >= 0.6 is 0 Å². The molecule has 0 atom stereocenters. The summed E-state index contributed by atoms with van der Waals surface area (Å²) in [6, 6.07) is 17.2. The van der Waals surface area contributed by atoms with Crippen molar-refractivity contribution in [2.75, 3.05) is 23.5 Å². The summed E-state index contributed by atoms with van der Waals surface area (Å²) in [5.74, 6) is 1.34. The number of hydrogen-bond acceptors (Lipinski definition) is 5. The molecule has 1 aromatic heterocycles. The first-order chi connectivity index (χ1) is 15.0. The average molecular weight is 418 g/mol. The van der Waals surface area contributed by atoms with E-state index in [1.165, 1.54) is 24.3 Å². The fraction of sp³-hybridized carbons (Fsp3) is 0.0435. The van der Waals surface area contributed by atoms with Crippen molar-refractivity contribution in [1.29, 1.82) is 0 Å². The van der Waals surface area contributed by atoms with Crippen molar-refractivity contribution < 1.29 is 18.7 Å². The number of nitrogens with one attached hydrogen (secondary N) is 2. The van der Waals surface area contributed by atoms with E-state index in [4.69, 9.17) is 15.2 Å². The monoisotopic (exact) mass is 418 g/mol. The smallest absolute Gasteiger partial charge is 0.323 e. The van der Waals surface area contributed by atoms with Crippen LogP contribution in [-0.4, -0.2) is 18.1 Å². The predicted molar refractivity (Wildman–Crippen MR) is 118 cm³/mol. The van der Waals surface area contributed by atoms with Crippen molar-refractivity contribution in [3.8, 4) is 17.2 Å². The number of rotatable bonds is 5. The molecule has 0 aliphatic rings. The lowest BCUT2D eigenvalue weighted by molar-refractivity contribution is 0.262. The van der Waals surface area contributed by atoms with E-state index >= 15 is 0 Å². The van der Waals surface area contributed by atoms with Crippen molar-refractivity contribution in [2.45, 2.75) is 0 Å². The number of ether oxygens (including phenoxy) is 2. The van der Waals surface area contributed by atoms with E-state index < -0.39 is 6.03 Å². The molecule has 0 unspecified atom stereocenters. The fourth-order valence-corrected chi connectivity index (χ4v) is 2.99. The quantitative estimate of drug-likeness (QED) is 0.377. The van der Waals surface area contributed by atoms with E-state index in [0.717, 1.165) is 5.39 Å². The Bertz CT molecular complexity index is 1230. The molecular weight excluding hydrogens is 399 g/mol. The molecule has 0 saturated heterocycles. The summed E-state index contributed by atoms with van der Waals surface area (Å²) in [6.07, 6.45) is 1.64. The first-order valence-corrected chi connectivity index (χ1v) is 9.35. The highest BCUT2D eigenvalue weighted by atomic mass is 19.1. The van der Waals surface area contributed by atoms with E-state index in [0.29, 0.717) is 39.8 Å². The Morgan fingerprint density at radius 2 is 1.58 bits per heavy atom. The number of methoxy groups -OCH3 is 1. The van der Waals surface area contributed by atoms with E-state index in [-0.39, 0.29) is 5.82 Å². The fourth-order valence-electron chi connectivity index (χ4n) is 2.99. The van der Waals surface area contributed by atoms with Crippen molar-refractivity contribution in [2.24, 2.45) is 0 Å². The van der Waals surface area contributed by atoms with Gasteiger partial charge in [0.2, 0.25) is 0 Å². The van der Waals surface area contributed by atoms with Gasteiger partial charge in [0.1, 0.15) is 23.1 Å². The number of anilines is 3. The number of nitrogen functional groups attached to an aromatic ring is 1. The second-order valence-corrected chi connectivity index (χ2v) is 6.63. The molecule has 2 amide bonds. The SMILES string of the molecule is COc1cc2nccc(Oc3ccc(NC(=O)Nc4ccc(F)cc4)cc3)c2cc1N. The zero-order valence-corrected chi connectivity index (χ0v) is 16.6. The van der Waals surface area contributed by atoms with Gasteiger partial charge < -0.3 is 25.8 Å². The molecule has 0 spiro atoms. The molecule has 156 valence electrons. The highest BCUT2D eigenvalue weighted by Gasteiger charge is 2.10. The number of fused-ring (bicyclic) bond motifs is 1. The zero-order valence-electron chi connectivity index (χ0n) is 16.6. The maximum Gasteiger partial charge on any atom is 0.323 e. The summed E-state index contributed by atoms with van der Waals surface area (Å²) in [5, 5.41) is 6.09. The number of urea groups is 1. The molecule has 0 aliphatic heterocycles. The Morgan fingerprint density at radius 3 is 2.23 bits per heavy atom. The first kappa shape index (κ1) is 20.0. The minimum atomic E-state index is -0.440. The highest BCUT2D eigenvalue weighted by molar-refractivity contribution is 5.99. The number of halogens is 1. The minimum absolute atomic E-state index is 0.370. The van der Waals surface area contributed by atoms with Gasteiger partial charge in [0.05, 0.1) is 18.3 Å². The van der Waals surface area contributed by atoms with E-state index in [2.05, 4.69) is 15.6 Å². The van der Waals surface area contributed by atoms with Crippen LogP contribution in [0, 0.1) is 5.82 Å². The Labute approximate surface area is 177 Å². The van der Waals surface area contributed by atoms with E-state index in [1.54, 1.807) is 55.8 Å². The number of carbonyl (C=O) groups excluding carboxylic acids is 1. The van der Waals surface area contributed by atoms with Gasteiger partial charge in [-0.15, -0.1) is 0 Å². The van der Waals surface area contributed by atoms with Gasteiger partial charge in [0.25, 0.3) is 0 Å².